The van der Waals surface area contributed by atoms with E-state index in [1.807, 2.05) is 0 Å². The number of benzene rings is 2. The minimum absolute atomic E-state index is 0.174. The van der Waals surface area contributed by atoms with E-state index >= 15 is 0 Å². The van der Waals surface area contributed by atoms with Gasteiger partial charge in [0.05, 0.1) is 11.4 Å². The Kier molecular flexibility index (Phi) is 5.07. The first-order valence-electron chi connectivity index (χ1n) is 8.04. The van der Waals surface area contributed by atoms with Gasteiger partial charge in [-0.3, -0.25) is 9.59 Å². The van der Waals surface area contributed by atoms with Crippen LogP contribution in [0, 0.1) is 17.5 Å². The third-order valence-electron chi connectivity index (χ3n) is 3.93. The molecule has 1 aromatic heterocycles. The van der Waals surface area contributed by atoms with Crippen molar-refractivity contribution in [1.29, 1.82) is 0 Å². The molecule has 0 atom stereocenters. The smallest absolute Gasteiger partial charge is 0.284 e. The monoisotopic (exact) mass is 373 g/mol. The Labute approximate surface area is 152 Å². The molecular weight excluding hydrogens is 359 g/mol. The average Bonchev–Trinajstić information content (AvgIpc) is 2.65. The molecule has 0 aliphatic rings. The lowest BCUT2D eigenvalue weighted by Crippen LogP contribution is -2.29. The van der Waals surface area contributed by atoms with Gasteiger partial charge in [-0.2, -0.15) is 9.78 Å². The molecule has 5 nitrogen and oxygen atoms in total. The maximum Gasteiger partial charge on any atom is 0.284 e. The van der Waals surface area contributed by atoms with Crippen LogP contribution >= 0.6 is 0 Å². The summed E-state index contributed by atoms with van der Waals surface area (Å²) in [5.74, 6) is -2.88. The number of hydrogen-bond donors (Lipinski definition) is 1. The van der Waals surface area contributed by atoms with E-state index in [2.05, 4.69) is 10.4 Å². The van der Waals surface area contributed by atoms with Gasteiger partial charge in [-0.25, -0.2) is 13.2 Å². The van der Waals surface area contributed by atoms with Crippen molar-refractivity contribution in [1.82, 2.24) is 9.78 Å². The number of rotatable bonds is 4. The SMILES string of the molecule is CCc1cc(F)c(NC(=O)c2ccnn(-c3ccc(F)cc3)c2=O)cc1F. The number of carbonyl (C=O) groups excluding carboxylic acids is 1. The number of aromatic nitrogens is 2. The van der Waals surface area contributed by atoms with Gasteiger partial charge in [0, 0.05) is 12.3 Å². The highest BCUT2D eigenvalue weighted by molar-refractivity contribution is 6.04. The van der Waals surface area contributed by atoms with Crippen molar-refractivity contribution in [3.05, 3.63) is 87.6 Å². The first-order valence-corrected chi connectivity index (χ1v) is 8.04. The molecule has 0 aliphatic heterocycles. The number of nitrogens with zero attached hydrogens (tertiary/aromatic N) is 2. The molecule has 0 spiro atoms. The Morgan fingerprint density at radius 2 is 1.78 bits per heavy atom. The average molecular weight is 373 g/mol. The molecule has 1 heterocycles. The van der Waals surface area contributed by atoms with Crippen LogP contribution in [0.4, 0.5) is 18.9 Å². The summed E-state index contributed by atoms with van der Waals surface area (Å²) in [5.41, 5.74) is -1.06. The van der Waals surface area contributed by atoms with Crippen LogP contribution in [-0.2, 0) is 6.42 Å². The van der Waals surface area contributed by atoms with Crippen molar-refractivity contribution in [2.24, 2.45) is 0 Å². The number of amides is 1. The van der Waals surface area contributed by atoms with Crippen LogP contribution < -0.4 is 10.9 Å². The molecule has 3 aromatic rings. The lowest BCUT2D eigenvalue weighted by atomic mass is 10.1. The second kappa shape index (κ2) is 7.45. The van der Waals surface area contributed by atoms with Crippen LogP contribution in [0.15, 0.2) is 53.5 Å². The van der Waals surface area contributed by atoms with Crippen LogP contribution in [-0.4, -0.2) is 15.7 Å². The summed E-state index contributed by atoms with van der Waals surface area (Å²) in [6.45, 7) is 1.67. The maximum atomic E-state index is 14.1. The van der Waals surface area contributed by atoms with Crippen LogP contribution in [0.2, 0.25) is 0 Å². The molecule has 8 heteroatoms. The summed E-state index contributed by atoms with van der Waals surface area (Å²) in [6, 6.07) is 7.95. The Hall–Kier alpha value is -3.42. The molecule has 1 amide bonds. The Balaban J connectivity index is 1.94. The molecule has 0 radical (unpaired) electrons. The topological polar surface area (TPSA) is 64.0 Å². The van der Waals surface area contributed by atoms with Gasteiger partial charge in [-0.05, 0) is 48.4 Å². The predicted octanol–water partition coefficient (Wildman–Crippen LogP) is 3.46. The van der Waals surface area contributed by atoms with E-state index in [4.69, 9.17) is 0 Å². The zero-order chi connectivity index (χ0) is 19.6. The van der Waals surface area contributed by atoms with E-state index in [-0.39, 0.29) is 22.5 Å². The fourth-order valence-corrected chi connectivity index (χ4v) is 2.50. The van der Waals surface area contributed by atoms with E-state index < -0.39 is 28.9 Å². The van der Waals surface area contributed by atoms with E-state index in [0.717, 1.165) is 35.0 Å². The van der Waals surface area contributed by atoms with Gasteiger partial charge in [0.1, 0.15) is 23.0 Å². The molecule has 0 fully saturated rings. The molecule has 2 aromatic carbocycles. The second-order valence-electron chi connectivity index (χ2n) is 5.67. The summed E-state index contributed by atoms with van der Waals surface area (Å²) in [4.78, 5) is 24.9. The van der Waals surface area contributed by atoms with Gasteiger partial charge in [0.15, 0.2) is 0 Å². The van der Waals surface area contributed by atoms with E-state index in [1.165, 1.54) is 18.3 Å². The molecule has 0 bridgehead atoms. The van der Waals surface area contributed by atoms with Gasteiger partial charge in [0.2, 0.25) is 0 Å². The first kappa shape index (κ1) is 18.4. The number of aryl methyl sites for hydroxylation is 1. The number of hydrogen-bond acceptors (Lipinski definition) is 3. The number of anilines is 1. The third kappa shape index (κ3) is 3.74. The molecule has 1 N–H and O–H groups in total. The summed E-state index contributed by atoms with van der Waals surface area (Å²) >= 11 is 0. The predicted molar refractivity (Wildman–Crippen MR) is 93.5 cm³/mol. The summed E-state index contributed by atoms with van der Waals surface area (Å²) in [5, 5.41) is 6.04. The van der Waals surface area contributed by atoms with Crippen molar-refractivity contribution < 1.29 is 18.0 Å². The van der Waals surface area contributed by atoms with Crippen LogP contribution in [0.1, 0.15) is 22.8 Å². The molecule has 138 valence electrons. The Bertz CT molecular complexity index is 1060. The summed E-state index contributed by atoms with van der Waals surface area (Å²) in [6.07, 6.45) is 1.50. The van der Waals surface area contributed by atoms with E-state index in [0.29, 0.717) is 6.42 Å². The molecular formula is C19H14F3N3O2. The molecule has 0 aliphatic carbocycles. The minimum Gasteiger partial charge on any atom is -0.319 e. The molecule has 0 unspecified atom stereocenters. The fourth-order valence-electron chi connectivity index (χ4n) is 2.50. The van der Waals surface area contributed by atoms with Crippen molar-refractivity contribution in [3.8, 4) is 5.69 Å². The zero-order valence-electron chi connectivity index (χ0n) is 14.2. The number of nitrogens with one attached hydrogen (secondary N) is 1. The largest absolute Gasteiger partial charge is 0.319 e. The van der Waals surface area contributed by atoms with Crippen molar-refractivity contribution in [2.75, 3.05) is 5.32 Å². The van der Waals surface area contributed by atoms with Crippen molar-refractivity contribution in [2.45, 2.75) is 13.3 Å². The molecule has 0 saturated carbocycles. The maximum absolute atomic E-state index is 14.1. The van der Waals surface area contributed by atoms with Crippen molar-refractivity contribution >= 4 is 11.6 Å². The second-order valence-corrected chi connectivity index (χ2v) is 5.67. The summed E-state index contributed by atoms with van der Waals surface area (Å²) in [7, 11) is 0. The van der Waals surface area contributed by atoms with Gasteiger partial charge in [-0.15, -0.1) is 0 Å². The van der Waals surface area contributed by atoms with Crippen LogP contribution in [0.3, 0.4) is 0 Å². The lowest BCUT2D eigenvalue weighted by Gasteiger charge is -2.10. The summed E-state index contributed by atoms with van der Waals surface area (Å²) < 4.78 is 41.9. The molecule has 3 rings (SSSR count). The van der Waals surface area contributed by atoms with Crippen LogP contribution in [0.25, 0.3) is 5.69 Å². The highest BCUT2D eigenvalue weighted by Gasteiger charge is 2.17. The standard InChI is InChI=1S/C19H14F3N3O2/c1-2-11-9-16(22)17(10-15(11)21)24-18(26)14-7-8-23-25(19(14)27)13-5-3-12(20)4-6-13/h3-10H,2H2,1H3,(H,24,26). The highest BCUT2D eigenvalue weighted by atomic mass is 19.1. The number of halogens is 3. The molecule has 27 heavy (non-hydrogen) atoms. The molecule has 0 saturated heterocycles. The zero-order valence-corrected chi connectivity index (χ0v) is 14.2. The quantitative estimate of drug-likeness (QED) is 0.762. The Morgan fingerprint density at radius 1 is 1.07 bits per heavy atom. The number of carbonyl (C=O) groups is 1. The first-order chi connectivity index (χ1) is 12.9. The third-order valence-corrected chi connectivity index (χ3v) is 3.93. The van der Waals surface area contributed by atoms with E-state index in [9.17, 15) is 22.8 Å². The lowest BCUT2D eigenvalue weighted by molar-refractivity contribution is 0.102. The highest BCUT2D eigenvalue weighted by Crippen LogP contribution is 2.20. The van der Waals surface area contributed by atoms with E-state index in [1.54, 1.807) is 6.92 Å². The van der Waals surface area contributed by atoms with Crippen LogP contribution in [0.5, 0.6) is 0 Å². The van der Waals surface area contributed by atoms with Gasteiger partial charge >= 0.3 is 0 Å². The van der Waals surface area contributed by atoms with Gasteiger partial charge in [0.25, 0.3) is 11.5 Å². The Morgan fingerprint density at radius 3 is 2.44 bits per heavy atom. The van der Waals surface area contributed by atoms with Crippen molar-refractivity contribution in [3.63, 3.8) is 0 Å². The fraction of sp³-hybridized carbons (Fsp3) is 0.105. The minimum atomic E-state index is -0.916. The van der Waals surface area contributed by atoms with Gasteiger partial charge < -0.3 is 5.32 Å². The normalized spacial score (nSPS) is 10.7. The van der Waals surface area contributed by atoms with Gasteiger partial charge in [-0.1, -0.05) is 6.92 Å².